The molecular formula is C51H94N14O15. The van der Waals surface area contributed by atoms with E-state index >= 15 is 0 Å². The Bertz CT molecular complexity index is 2010. The number of amides is 10. The minimum atomic E-state index is -1.88. The molecule has 1 aliphatic rings. The molecule has 1 rings (SSSR count). The summed E-state index contributed by atoms with van der Waals surface area (Å²) in [6, 6.07) is -14.2. The molecule has 29 nitrogen and oxygen atoms in total. The molecule has 1 saturated heterocycles. The monoisotopic (exact) mass is 1140 g/mol. The second-order valence-corrected chi connectivity index (χ2v) is 20.7. The predicted octanol–water partition coefficient (Wildman–Crippen LogP) is -6.23. The van der Waals surface area contributed by atoms with Crippen molar-refractivity contribution in [3.05, 3.63) is 0 Å². The van der Waals surface area contributed by atoms with Crippen LogP contribution in [0.4, 0.5) is 0 Å². The fraction of sp³-hybridized carbons (Fsp3) is 0.784. The van der Waals surface area contributed by atoms with Crippen LogP contribution in [0.15, 0.2) is 0 Å². The molecule has 0 spiro atoms. The van der Waals surface area contributed by atoms with Gasteiger partial charge in [-0.1, -0.05) is 46.5 Å². The molecule has 10 amide bonds. The second-order valence-electron chi connectivity index (χ2n) is 20.7. The molecule has 1 aliphatic heterocycles. The number of carbonyl (C=O) groups is 11. The van der Waals surface area contributed by atoms with Crippen molar-refractivity contribution in [3.63, 3.8) is 0 Å². The maximum Gasteiger partial charge on any atom is 0.245 e. The highest BCUT2D eigenvalue weighted by Gasteiger charge is 2.38. The van der Waals surface area contributed by atoms with Gasteiger partial charge in [-0.2, -0.15) is 0 Å². The minimum absolute atomic E-state index is 0.0385. The van der Waals surface area contributed by atoms with E-state index in [0.717, 1.165) is 32.6 Å². The summed E-state index contributed by atoms with van der Waals surface area (Å²) in [7, 11) is 0. The van der Waals surface area contributed by atoms with Gasteiger partial charge in [-0.15, -0.1) is 0 Å². The van der Waals surface area contributed by atoms with E-state index in [1.165, 1.54) is 13.8 Å². The lowest BCUT2D eigenvalue weighted by Gasteiger charge is -2.28. The molecule has 0 bridgehead atoms. The average molecular weight is 1140 g/mol. The third kappa shape index (κ3) is 26.1. The summed E-state index contributed by atoms with van der Waals surface area (Å²) in [6.45, 7) is 7.16. The van der Waals surface area contributed by atoms with Crippen molar-refractivity contribution in [2.75, 3.05) is 39.3 Å². The van der Waals surface area contributed by atoms with E-state index in [-0.39, 0.29) is 77.0 Å². The molecule has 13 atom stereocenters. The highest BCUT2D eigenvalue weighted by atomic mass is 16.3. The Morgan fingerprint density at radius 1 is 0.588 bits per heavy atom. The summed E-state index contributed by atoms with van der Waals surface area (Å²) in [4.78, 5) is 151. The number of rotatable bonds is 28. The van der Waals surface area contributed by atoms with E-state index in [1.54, 1.807) is 13.8 Å². The number of carbonyl (C=O) groups excluding carboxylic acids is 11. The van der Waals surface area contributed by atoms with Crippen LogP contribution >= 0.6 is 0 Å². The number of aliphatic hydroxyl groups is 4. The number of ketones is 1. The first-order chi connectivity index (χ1) is 37.8. The van der Waals surface area contributed by atoms with Gasteiger partial charge in [-0.3, -0.25) is 52.7 Å². The summed E-state index contributed by atoms with van der Waals surface area (Å²) in [5, 5.41) is 66.9. The zero-order valence-corrected chi connectivity index (χ0v) is 47.3. The van der Waals surface area contributed by atoms with Crippen LogP contribution in [0.3, 0.4) is 0 Å². The second kappa shape index (κ2) is 38.7. The quantitative estimate of drug-likeness (QED) is 0.0324. The van der Waals surface area contributed by atoms with Gasteiger partial charge in [0.2, 0.25) is 59.1 Å². The Morgan fingerprint density at radius 2 is 1.15 bits per heavy atom. The third-order valence-electron chi connectivity index (χ3n) is 13.1. The normalized spacial score (nSPS) is 23.7. The summed E-state index contributed by atoms with van der Waals surface area (Å²) in [5.74, 6) is -11.7. The van der Waals surface area contributed by atoms with E-state index < -0.39 is 169 Å². The maximum atomic E-state index is 14.3. The highest BCUT2D eigenvalue weighted by Crippen LogP contribution is 2.19. The topological polar surface area (TPSA) is 493 Å². The van der Waals surface area contributed by atoms with Crippen LogP contribution in [0.1, 0.15) is 131 Å². The lowest BCUT2D eigenvalue weighted by atomic mass is 9.88. The van der Waals surface area contributed by atoms with Gasteiger partial charge in [0, 0.05) is 25.3 Å². The molecule has 0 aliphatic carbocycles. The Labute approximate surface area is 468 Å². The number of unbranched alkanes of at least 4 members (excludes halogenated alkanes) is 4. The summed E-state index contributed by atoms with van der Waals surface area (Å²) in [5.41, 5.74) is 23.1. The molecule has 29 heteroatoms. The lowest BCUT2D eigenvalue weighted by Crippen LogP contribution is -2.62. The molecule has 3 unspecified atom stereocenters. The molecule has 80 heavy (non-hydrogen) atoms. The van der Waals surface area contributed by atoms with Gasteiger partial charge in [0.25, 0.3) is 0 Å². The van der Waals surface area contributed by atoms with Gasteiger partial charge in [-0.05, 0) is 104 Å². The van der Waals surface area contributed by atoms with Gasteiger partial charge in [-0.25, -0.2) is 0 Å². The molecule has 22 N–H and O–H groups in total. The Kier molecular flexibility index (Phi) is 34.8. The number of aliphatic hydroxyl groups excluding tert-OH is 4. The minimum Gasteiger partial charge on any atom is -0.394 e. The van der Waals surface area contributed by atoms with Crippen LogP contribution in [0.2, 0.25) is 0 Å². The van der Waals surface area contributed by atoms with Gasteiger partial charge in [0.05, 0.1) is 31.0 Å². The maximum absolute atomic E-state index is 14.3. The Balaban J connectivity index is 3.78. The zero-order chi connectivity index (χ0) is 60.6. The number of Topliss-reactive ketones (excluding diaryl/α,β-unsaturated/α-hetero) is 1. The molecule has 0 radical (unpaired) electrons. The number of nitrogens with one attached hydrogen (secondary N) is 10. The molecule has 1 fully saturated rings. The van der Waals surface area contributed by atoms with Gasteiger partial charge < -0.3 is 96.5 Å². The lowest BCUT2D eigenvalue weighted by molar-refractivity contribution is -0.138. The van der Waals surface area contributed by atoms with Crippen LogP contribution in [0.5, 0.6) is 0 Å². The van der Waals surface area contributed by atoms with E-state index in [1.807, 2.05) is 0 Å². The summed E-state index contributed by atoms with van der Waals surface area (Å²) < 4.78 is 0. The van der Waals surface area contributed by atoms with Crippen molar-refractivity contribution < 1.29 is 73.2 Å². The van der Waals surface area contributed by atoms with E-state index in [9.17, 15) is 73.2 Å². The van der Waals surface area contributed by atoms with Crippen molar-refractivity contribution in [1.82, 2.24) is 53.2 Å². The van der Waals surface area contributed by atoms with Crippen LogP contribution in [0, 0.1) is 11.8 Å². The van der Waals surface area contributed by atoms with Crippen LogP contribution in [-0.2, 0) is 52.7 Å². The highest BCUT2D eigenvalue weighted by molar-refractivity contribution is 5.99. The molecule has 1 heterocycles. The standard InChI is InChI=1S/C51H94N14O15/c1-7-8-9-10-11-14-39(71)57-34(16-21-54)47(76)65-42(30(6)69)51(80)62-37(26-66)48(77)60-36-18-23-56-49(78)40(28(4)67)64-46(75)33(13-12-19-52)59-44(73)35(17-22-55)61-50(79)41(29(5)68)63-43(72)31(24-27(2)3)25-38(70)32(15-20-53)58-45(36)74/h27-37,40-42,66-69H,7-26,52-55H2,1-6H3,(H,56,78)(H,57,71)(H,58,74)(H,59,73)(H,60,77)(H,61,79)(H,62,80)(H,63,72)(H,64,75)(H,65,76)/t28?,29?,30?,31-,32-,33-,34-,35-,36-,37+,40-,41-,42-/m0/s1. The van der Waals surface area contributed by atoms with Crippen LogP contribution in [-0.4, -0.2) is 197 Å². The first-order valence-electron chi connectivity index (χ1n) is 27.8. The number of nitrogens with two attached hydrogens (primary N) is 4. The van der Waals surface area contributed by atoms with Crippen molar-refractivity contribution in [2.45, 2.75) is 204 Å². The molecule has 0 aromatic carbocycles. The molecule has 0 saturated carbocycles. The largest absolute Gasteiger partial charge is 0.394 e. The SMILES string of the molecule is CCCCCCCC(=O)N[C@@H](CCN)C(=O)N[C@H](C(=O)N[C@H](CO)C(=O)N[C@H]1CCNC(=O)[C@H](C(C)O)NC(=O)[C@H](CCCN)NC(=O)[C@H](CCN)NC(=O)[C@H](C(C)O)NC(=O)[C@@H](CC(C)C)CC(=O)[C@H](CCN)NC1=O)C(C)O. The molecule has 0 aromatic heterocycles. The Hall–Kier alpha value is -5.95. The third-order valence-corrected chi connectivity index (χ3v) is 13.1. The van der Waals surface area contributed by atoms with Crippen LogP contribution < -0.4 is 76.1 Å². The molecular weight excluding hydrogens is 1050 g/mol. The van der Waals surface area contributed by atoms with Crippen molar-refractivity contribution in [1.29, 1.82) is 0 Å². The van der Waals surface area contributed by atoms with E-state index in [2.05, 4.69) is 60.1 Å². The van der Waals surface area contributed by atoms with Gasteiger partial charge >= 0.3 is 0 Å². The molecule has 458 valence electrons. The van der Waals surface area contributed by atoms with Crippen LogP contribution in [0.25, 0.3) is 0 Å². The molecule has 0 aromatic rings. The van der Waals surface area contributed by atoms with Crippen molar-refractivity contribution in [2.24, 2.45) is 34.8 Å². The predicted molar refractivity (Wildman–Crippen MR) is 292 cm³/mol. The number of hydrogen-bond donors (Lipinski definition) is 18. The first kappa shape index (κ1) is 72.1. The zero-order valence-electron chi connectivity index (χ0n) is 47.3. The fourth-order valence-corrected chi connectivity index (χ4v) is 8.58. The fourth-order valence-electron chi connectivity index (χ4n) is 8.58. The van der Waals surface area contributed by atoms with Crippen molar-refractivity contribution >= 4 is 64.9 Å². The Morgan fingerprint density at radius 3 is 1.71 bits per heavy atom. The van der Waals surface area contributed by atoms with E-state index in [4.69, 9.17) is 22.9 Å². The smallest absolute Gasteiger partial charge is 0.245 e. The summed E-state index contributed by atoms with van der Waals surface area (Å²) >= 11 is 0. The van der Waals surface area contributed by atoms with Crippen molar-refractivity contribution in [3.8, 4) is 0 Å². The average Bonchev–Trinajstić information content (AvgIpc) is 3.39. The van der Waals surface area contributed by atoms with E-state index in [0.29, 0.717) is 6.42 Å². The van der Waals surface area contributed by atoms with Gasteiger partial charge in [0.15, 0.2) is 5.78 Å². The summed E-state index contributed by atoms with van der Waals surface area (Å²) in [6.07, 6.45) is -1.65. The first-order valence-corrected chi connectivity index (χ1v) is 27.8. The van der Waals surface area contributed by atoms with Gasteiger partial charge in [0.1, 0.15) is 48.3 Å². The number of hydrogen-bond acceptors (Lipinski definition) is 19.